The highest BCUT2D eigenvalue weighted by Gasteiger charge is 2.08. The Morgan fingerprint density at radius 3 is 2.85 bits per heavy atom. The molecule has 0 aromatic carbocycles. The van der Waals surface area contributed by atoms with Gasteiger partial charge in [-0.3, -0.25) is 9.78 Å². The van der Waals surface area contributed by atoms with E-state index >= 15 is 0 Å². The van der Waals surface area contributed by atoms with Crippen LogP contribution < -0.4 is 4.74 Å². The van der Waals surface area contributed by atoms with Crippen LogP contribution in [0.1, 0.15) is 16.1 Å². The number of carbonyl (C=O) groups is 1. The summed E-state index contributed by atoms with van der Waals surface area (Å²) in [5.41, 5.74) is 1.05. The smallest absolute Gasteiger partial charge is 0.155 e. The van der Waals surface area contributed by atoms with Gasteiger partial charge in [0.2, 0.25) is 0 Å². The highest BCUT2D eigenvalue weighted by Crippen LogP contribution is 2.18. The van der Waals surface area contributed by atoms with E-state index in [1.807, 2.05) is 0 Å². The Kier molecular flexibility index (Phi) is 3.40. The van der Waals surface area contributed by atoms with E-state index in [1.54, 1.807) is 19.4 Å². The lowest BCUT2D eigenvalue weighted by Gasteiger charge is -2.06. The molecule has 0 amide bonds. The predicted molar refractivity (Wildman–Crippen MR) is 46.9 cm³/mol. The molecular weight excluding hydrogens is 170 g/mol. The van der Waals surface area contributed by atoms with Gasteiger partial charge in [-0.05, 0) is 6.07 Å². The molecule has 0 spiro atoms. The number of nitrogens with zero attached hydrogens (tertiary/aromatic N) is 1. The average Bonchev–Trinajstić information content (AvgIpc) is 2.18. The van der Waals surface area contributed by atoms with Crippen LogP contribution in [0, 0.1) is 0 Å². The fourth-order valence-corrected chi connectivity index (χ4v) is 1.05. The van der Waals surface area contributed by atoms with Gasteiger partial charge in [0.1, 0.15) is 5.75 Å². The van der Waals surface area contributed by atoms with Crippen molar-refractivity contribution in [1.82, 2.24) is 4.98 Å². The maximum absolute atomic E-state index is 10.7. The fraction of sp³-hybridized carbons (Fsp3) is 0.333. The number of aldehydes is 1. The zero-order valence-electron chi connectivity index (χ0n) is 7.61. The van der Waals surface area contributed by atoms with E-state index < -0.39 is 0 Å². The zero-order chi connectivity index (χ0) is 9.68. The van der Waals surface area contributed by atoms with Crippen molar-refractivity contribution in [2.45, 2.75) is 6.61 Å². The quantitative estimate of drug-likeness (QED) is 0.651. The molecule has 1 heterocycles. The van der Waals surface area contributed by atoms with Crippen molar-refractivity contribution in [1.29, 1.82) is 0 Å². The van der Waals surface area contributed by atoms with Crippen LogP contribution in [0.4, 0.5) is 0 Å². The van der Waals surface area contributed by atoms with Gasteiger partial charge in [0.05, 0.1) is 25.0 Å². The summed E-state index contributed by atoms with van der Waals surface area (Å²) in [6.07, 6.45) is 2.31. The summed E-state index contributed by atoms with van der Waals surface area (Å²) >= 11 is 0. The van der Waals surface area contributed by atoms with E-state index in [9.17, 15) is 4.79 Å². The van der Waals surface area contributed by atoms with Crippen LogP contribution in [0.25, 0.3) is 0 Å². The molecule has 4 nitrogen and oxygen atoms in total. The molecule has 0 bridgehead atoms. The van der Waals surface area contributed by atoms with Crippen molar-refractivity contribution in [3.8, 4) is 5.75 Å². The summed E-state index contributed by atoms with van der Waals surface area (Å²) in [6.45, 7) is 0.311. The van der Waals surface area contributed by atoms with E-state index in [1.165, 1.54) is 7.11 Å². The minimum Gasteiger partial charge on any atom is -0.496 e. The van der Waals surface area contributed by atoms with Gasteiger partial charge >= 0.3 is 0 Å². The standard InChI is InChI=1S/C9H11NO3/c1-12-6-8-7(5-11)9(13-2)3-4-10-8/h3-5H,6H2,1-2H3. The van der Waals surface area contributed by atoms with E-state index in [0.717, 1.165) is 6.29 Å². The van der Waals surface area contributed by atoms with Crippen LogP contribution in [0.5, 0.6) is 5.75 Å². The molecule has 0 aliphatic carbocycles. The largest absolute Gasteiger partial charge is 0.496 e. The molecule has 0 N–H and O–H groups in total. The fourth-order valence-electron chi connectivity index (χ4n) is 1.05. The number of methoxy groups -OCH3 is 2. The van der Waals surface area contributed by atoms with Gasteiger partial charge in [-0.15, -0.1) is 0 Å². The van der Waals surface area contributed by atoms with E-state index in [2.05, 4.69) is 4.98 Å². The maximum Gasteiger partial charge on any atom is 0.155 e. The number of hydrogen-bond acceptors (Lipinski definition) is 4. The summed E-state index contributed by atoms with van der Waals surface area (Å²) in [7, 11) is 3.06. The van der Waals surface area contributed by atoms with Gasteiger partial charge in [0, 0.05) is 13.3 Å². The number of aromatic nitrogens is 1. The van der Waals surface area contributed by atoms with E-state index in [4.69, 9.17) is 9.47 Å². The first-order chi connectivity index (χ1) is 6.33. The molecule has 0 radical (unpaired) electrons. The third-order valence-electron chi connectivity index (χ3n) is 1.65. The molecular formula is C9H11NO3. The number of ether oxygens (including phenoxy) is 2. The number of carbonyl (C=O) groups excluding carboxylic acids is 1. The van der Waals surface area contributed by atoms with Crippen LogP contribution in [-0.4, -0.2) is 25.5 Å². The first-order valence-corrected chi connectivity index (χ1v) is 3.79. The van der Waals surface area contributed by atoms with Crippen molar-refractivity contribution < 1.29 is 14.3 Å². The monoisotopic (exact) mass is 181 g/mol. The molecule has 1 rings (SSSR count). The van der Waals surface area contributed by atoms with Crippen molar-refractivity contribution in [3.63, 3.8) is 0 Å². The van der Waals surface area contributed by atoms with Gasteiger partial charge in [-0.2, -0.15) is 0 Å². The molecule has 0 fully saturated rings. The topological polar surface area (TPSA) is 48.4 Å². The van der Waals surface area contributed by atoms with Crippen molar-refractivity contribution in [2.75, 3.05) is 14.2 Å². The second-order valence-electron chi connectivity index (χ2n) is 2.42. The first-order valence-electron chi connectivity index (χ1n) is 3.79. The second-order valence-corrected chi connectivity index (χ2v) is 2.42. The van der Waals surface area contributed by atoms with Gasteiger partial charge in [-0.25, -0.2) is 0 Å². The third kappa shape index (κ3) is 2.03. The van der Waals surface area contributed by atoms with Gasteiger partial charge in [-0.1, -0.05) is 0 Å². The van der Waals surface area contributed by atoms with Crippen molar-refractivity contribution in [2.24, 2.45) is 0 Å². The van der Waals surface area contributed by atoms with Crippen LogP contribution in [0.15, 0.2) is 12.3 Å². The van der Waals surface area contributed by atoms with Crippen LogP contribution in [-0.2, 0) is 11.3 Å². The summed E-state index contributed by atoms with van der Waals surface area (Å²) in [4.78, 5) is 14.7. The van der Waals surface area contributed by atoms with Gasteiger partial charge in [0.15, 0.2) is 6.29 Å². The molecule has 0 saturated carbocycles. The lowest BCUT2D eigenvalue weighted by Crippen LogP contribution is -2.01. The van der Waals surface area contributed by atoms with Crippen LogP contribution >= 0.6 is 0 Å². The minimum atomic E-state index is 0.311. The SMILES string of the molecule is COCc1nccc(OC)c1C=O. The van der Waals surface area contributed by atoms with Crippen molar-refractivity contribution >= 4 is 6.29 Å². The zero-order valence-corrected chi connectivity index (χ0v) is 7.61. The molecule has 0 atom stereocenters. The first kappa shape index (κ1) is 9.67. The Balaban J connectivity index is 3.10. The Labute approximate surface area is 76.5 Å². The summed E-state index contributed by atoms with van der Waals surface area (Å²) in [5, 5.41) is 0. The molecule has 1 aromatic heterocycles. The molecule has 13 heavy (non-hydrogen) atoms. The summed E-state index contributed by atoms with van der Waals surface area (Å²) < 4.78 is 9.89. The minimum absolute atomic E-state index is 0.311. The average molecular weight is 181 g/mol. The van der Waals surface area contributed by atoms with Gasteiger partial charge in [0.25, 0.3) is 0 Å². The normalized spacial score (nSPS) is 9.69. The maximum atomic E-state index is 10.7. The Hall–Kier alpha value is -1.42. The molecule has 70 valence electrons. The van der Waals surface area contributed by atoms with E-state index in [-0.39, 0.29) is 0 Å². The number of rotatable bonds is 4. The highest BCUT2D eigenvalue weighted by molar-refractivity contribution is 5.80. The molecule has 0 aliphatic rings. The summed E-state index contributed by atoms with van der Waals surface area (Å²) in [5.74, 6) is 0.525. The van der Waals surface area contributed by atoms with Crippen LogP contribution in [0.3, 0.4) is 0 Å². The lowest BCUT2D eigenvalue weighted by atomic mass is 10.2. The molecule has 0 unspecified atom stereocenters. The molecule has 0 saturated heterocycles. The number of pyridine rings is 1. The van der Waals surface area contributed by atoms with Crippen molar-refractivity contribution in [3.05, 3.63) is 23.5 Å². The van der Waals surface area contributed by atoms with E-state index in [0.29, 0.717) is 23.6 Å². The molecule has 0 aliphatic heterocycles. The highest BCUT2D eigenvalue weighted by atomic mass is 16.5. The number of hydrogen-bond donors (Lipinski definition) is 0. The van der Waals surface area contributed by atoms with Crippen LogP contribution in [0.2, 0.25) is 0 Å². The Morgan fingerprint density at radius 2 is 2.31 bits per heavy atom. The van der Waals surface area contributed by atoms with Gasteiger partial charge < -0.3 is 9.47 Å². The lowest BCUT2D eigenvalue weighted by molar-refractivity contribution is 0.111. The third-order valence-corrected chi connectivity index (χ3v) is 1.65. The molecule has 1 aromatic rings. The Morgan fingerprint density at radius 1 is 1.54 bits per heavy atom. The Bertz CT molecular complexity index is 299. The summed E-state index contributed by atoms with van der Waals surface area (Å²) in [6, 6.07) is 1.64. The second kappa shape index (κ2) is 4.57. The molecule has 4 heteroatoms. The predicted octanol–water partition coefficient (Wildman–Crippen LogP) is 1.05.